The van der Waals surface area contributed by atoms with Crippen LogP contribution in [0.15, 0.2) is 72.8 Å². The zero-order valence-corrected chi connectivity index (χ0v) is 15.0. The molecule has 0 aromatic heterocycles. The van der Waals surface area contributed by atoms with E-state index in [1.165, 1.54) is 24.3 Å². The van der Waals surface area contributed by atoms with E-state index in [0.29, 0.717) is 11.3 Å². The summed E-state index contributed by atoms with van der Waals surface area (Å²) in [5.41, 5.74) is 2.22. The molecule has 1 heterocycles. The predicted octanol–water partition coefficient (Wildman–Crippen LogP) is 3.67. The number of amides is 1. The van der Waals surface area contributed by atoms with E-state index in [1.807, 2.05) is 12.1 Å². The number of benzene rings is 3. The maximum absolute atomic E-state index is 12.2. The average Bonchev–Trinajstić information content (AvgIpc) is 2.74. The van der Waals surface area contributed by atoms with E-state index < -0.39 is 17.1 Å². The number of anilines is 1. The molecule has 144 valence electrons. The molecule has 8 heteroatoms. The van der Waals surface area contributed by atoms with Gasteiger partial charge in [-0.15, -0.1) is 0 Å². The minimum Gasteiger partial charge on any atom is -0.423 e. The van der Waals surface area contributed by atoms with Crippen molar-refractivity contribution in [2.24, 2.45) is 0 Å². The van der Waals surface area contributed by atoms with Crippen molar-refractivity contribution >= 4 is 23.3 Å². The molecule has 0 radical (unpaired) electrons. The quantitative estimate of drug-likeness (QED) is 0.305. The molecule has 29 heavy (non-hydrogen) atoms. The van der Waals surface area contributed by atoms with Crippen LogP contribution in [0.5, 0.6) is 5.75 Å². The topological polar surface area (TPSA) is 111 Å². The number of rotatable bonds is 4. The standard InChI is InChI=1S/C21H15N3O5/c25-20-17-3-1-2-4-18(17)22-19(23-20)13-7-11-16(12-8-13)29-21(26)14-5-9-15(10-6-14)24(27)28/h1-12,19,22H,(H,23,25)/t19-/m1/s1. The van der Waals surface area contributed by atoms with Gasteiger partial charge >= 0.3 is 5.97 Å². The maximum Gasteiger partial charge on any atom is 0.343 e. The first-order valence-corrected chi connectivity index (χ1v) is 8.74. The molecule has 0 aliphatic carbocycles. The van der Waals surface area contributed by atoms with Crippen LogP contribution < -0.4 is 15.4 Å². The van der Waals surface area contributed by atoms with Crippen molar-refractivity contribution in [3.63, 3.8) is 0 Å². The lowest BCUT2D eigenvalue weighted by Crippen LogP contribution is -2.38. The molecular formula is C21H15N3O5. The van der Waals surface area contributed by atoms with Gasteiger partial charge in [-0.3, -0.25) is 14.9 Å². The van der Waals surface area contributed by atoms with Crippen LogP contribution in [0, 0.1) is 10.1 Å². The summed E-state index contributed by atoms with van der Waals surface area (Å²) >= 11 is 0. The third-order valence-corrected chi connectivity index (χ3v) is 4.48. The van der Waals surface area contributed by atoms with Crippen LogP contribution >= 0.6 is 0 Å². The van der Waals surface area contributed by atoms with E-state index in [2.05, 4.69) is 10.6 Å². The highest BCUT2D eigenvalue weighted by molar-refractivity contribution is 6.01. The Kier molecular flexibility index (Phi) is 4.66. The summed E-state index contributed by atoms with van der Waals surface area (Å²) in [7, 11) is 0. The molecule has 0 unspecified atom stereocenters. The molecule has 1 amide bonds. The highest BCUT2D eigenvalue weighted by atomic mass is 16.6. The predicted molar refractivity (Wildman–Crippen MR) is 105 cm³/mol. The first-order chi connectivity index (χ1) is 14.0. The fraction of sp³-hybridized carbons (Fsp3) is 0.0476. The van der Waals surface area contributed by atoms with Crippen LogP contribution in [0.2, 0.25) is 0 Å². The number of nitro groups is 1. The van der Waals surface area contributed by atoms with Crippen LogP contribution in [0.4, 0.5) is 11.4 Å². The number of non-ortho nitro benzene ring substituents is 1. The van der Waals surface area contributed by atoms with Gasteiger partial charge in [-0.25, -0.2) is 4.79 Å². The molecule has 0 spiro atoms. The van der Waals surface area contributed by atoms with Crippen LogP contribution in [0.25, 0.3) is 0 Å². The zero-order valence-electron chi connectivity index (χ0n) is 15.0. The van der Waals surface area contributed by atoms with E-state index in [0.717, 1.165) is 11.3 Å². The first-order valence-electron chi connectivity index (χ1n) is 8.74. The summed E-state index contributed by atoms with van der Waals surface area (Å²) < 4.78 is 5.30. The Morgan fingerprint density at radius 3 is 2.31 bits per heavy atom. The van der Waals surface area contributed by atoms with Gasteiger partial charge in [0, 0.05) is 17.8 Å². The second kappa shape index (κ2) is 7.43. The smallest absolute Gasteiger partial charge is 0.343 e. The van der Waals surface area contributed by atoms with Gasteiger partial charge in [0.05, 0.1) is 16.1 Å². The Labute approximate surface area is 165 Å². The van der Waals surface area contributed by atoms with Crippen molar-refractivity contribution in [3.05, 3.63) is 99.6 Å². The Morgan fingerprint density at radius 1 is 0.931 bits per heavy atom. The molecule has 1 aliphatic rings. The Balaban J connectivity index is 1.45. The fourth-order valence-electron chi connectivity index (χ4n) is 2.99. The number of carbonyl (C=O) groups is 2. The molecule has 3 aromatic carbocycles. The third-order valence-electron chi connectivity index (χ3n) is 4.48. The number of fused-ring (bicyclic) bond motifs is 1. The molecular weight excluding hydrogens is 374 g/mol. The van der Waals surface area contributed by atoms with Crippen LogP contribution in [0.3, 0.4) is 0 Å². The highest BCUT2D eigenvalue weighted by Gasteiger charge is 2.24. The SMILES string of the molecule is O=C(Oc1ccc([C@H]2NC(=O)c3ccccc3N2)cc1)c1ccc([N+](=O)[O-])cc1. The molecule has 1 atom stereocenters. The molecule has 0 saturated heterocycles. The number of nitrogens with zero attached hydrogens (tertiary/aromatic N) is 1. The molecule has 0 fully saturated rings. The summed E-state index contributed by atoms with van der Waals surface area (Å²) in [6.07, 6.45) is -0.406. The molecule has 4 rings (SSSR count). The normalized spacial score (nSPS) is 14.9. The zero-order chi connectivity index (χ0) is 20.4. The average molecular weight is 389 g/mol. The molecule has 0 saturated carbocycles. The monoisotopic (exact) mass is 389 g/mol. The van der Waals surface area contributed by atoms with Crippen molar-refractivity contribution in [1.29, 1.82) is 0 Å². The van der Waals surface area contributed by atoms with Crippen molar-refractivity contribution in [2.75, 3.05) is 5.32 Å². The summed E-state index contributed by atoms with van der Waals surface area (Å²) in [6.45, 7) is 0. The van der Waals surface area contributed by atoms with Gasteiger partial charge in [-0.1, -0.05) is 24.3 Å². The van der Waals surface area contributed by atoms with E-state index in [-0.39, 0.29) is 17.2 Å². The van der Waals surface area contributed by atoms with Gasteiger partial charge in [0.2, 0.25) is 0 Å². The van der Waals surface area contributed by atoms with E-state index in [4.69, 9.17) is 4.74 Å². The third kappa shape index (κ3) is 3.77. The van der Waals surface area contributed by atoms with Gasteiger partial charge in [0.15, 0.2) is 0 Å². The second-order valence-corrected chi connectivity index (χ2v) is 6.36. The molecule has 8 nitrogen and oxygen atoms in total. The summed E-state index contributed by atoms with van der Waals surface area (Å²) in [5, 5.41) is 16.8. The van der Waals surface area contributed by atoms with Gasteiger partial charge < -0.3 is 15.4 Å². The first kappa shape index (κ1) is 18.2. The lowest BCUT2D eigenvalue weighted by molar-refractivity contribution is -0.384. The van der Waals surface area contributed by atoms with Crippen LogP contribution in [-0.4, -0.2) is 16.8 Å². The Hall–Kier alpha value is -4.20. The minimum absolute atomic E-state index is 0.102. The highest BCUT2D eigenvalue weighted by Crippen LogP contribution is 2.27. The van der Waals surface area contributed by atoms with Gasteiger partial charge in [0.25, 0.3) is 11.6 Å². The second-order valence-electron chi connectivity index (χ2n) is 6.36. The molecule has 3 aromatic rings. The Morgan fingerprint density at radius 2 is 1.62 bits per heavy atom. The summed E-state index contributed by atoms with van der Waals surface area (Å²) in [4.78, 5) is 34.6. The number of nitrogens with one attached hydrogen (secondary N) is 2. The van der Waals surface area contributed by atoms with E-state index >= 15 is 0 Å². The van der Waals surface area contributed by atoms with Gasteiger partial charge in [-0.05, 0) is 42.0 Å². The lowest BCUT2D eigenvalue weighted by atomic mass is 10.1. The van der Waals surface area contributed by atoms with E-state index in [1.54, 1.807) is 36.4 Å². The van der Waals surface area contributed by atoms with Crippen molar-refractivity contribution in [3.8, 4) is 5.75 Å². The largest absolute Gasteiger partial charge is 0.423 e. The van der Waals surface area contributed by atoms with E-state index in [9.17, 15) is 19.7 Å². The minimum atomic E-state index is -0.620. The Bertz CT molecular complexity index is 1090. The maximum atomic E-state index is 12.2. The summed E-state index contributed by atoms with van der Waals surface area (Å²) in [5.74, 6) is -0.469. The van der Waals surface area contributed by atoms with Crippen molar-refractivity contribution in [1.82, 2.24) is 5.32 Å². The van der Waals surface area contributed by atoms with Gasteiger partial charge in [0.1, 0.15) is 11.9 Å². The molecule has 0 bridgehead atoms. The van der Waals surface area contributed by atoms with Crippen molar-refractivity contribution < 1.29 is 19.2 Å². The summed E-state index contributed by atoms with van der Waals surface area (Å²) in [6, 6.07) is 19.1. The lowest BCUT2D eigenvalue weighted by Gasteiger charge is -2.28. The number of hydrogen-bond acceptors (Lipinski definition) is 6. The van der Waals surface area contributed by atoms with Crippen LogP contribution in [0.1, 0.15) is 32.4 Å². The number of esters is 1. The number of ether oxygens (including phenoxy) is 1. The number of para-hydroxylation sites is 1. The fourth-order valence-corrected chi connectivity index (χ4v) is 2.99. The van der Waals surface area contributed by atoms with Crippen LogP contribution in [-0.2, 0) is 0 Å². The molecule has 2 N–H and O–H groups in total. The van der Waals surface area contributed by atoms with Gasteiger partial charge in [-0.2, -0.15) is 0 Å². The molecule has 1 aliphatic heterocycles. The van der Waals surface area contributed by atoms with Crippen molar-refractivity contribution in [2.45, 2.75) is 6.17 Å². The number of carbonyl (C=O) groups excluding carboxylic acids is 2. The number of hydrogen-bond donors (Lipinski definition) is 2. The number of nitro benzene ring substituents is 1.